The Labute approximate surface area is 165 Å². The third-order valence-electron chi connectivity index (χ3n) is 4.75. The van der Waals surface area contributed by atoms with Gasteiger partial charge in [0.2, 0.25) is 15.9 Å². The number of hydrogen-bond donors (Lipinski definition) is 2. The minimum Gasteiger partial charge on any atom is -0.324 e. The van der Waals surface area contributed by atoms with Gasteiger partial charge in [-0.2, -0.15) is 0 Å². The lowest BCUT2D eigenvalue weighted by atomic mass is 9.89. The monoisotopic (exact) mass is 400 g/mol. The number of para-hydroxylation sites is 2. The number of fused-ring (bicyclic) bond motifs is 1. The number of amides is 1. The van der Waals surface area contributed by atoms with Crippen LogP contribution in [0.4, 0.5) is 11.4 Å². The molecule has 1 amide bonds. The van der Waals surface area contributed by atoms with Crippen molar-refractivity contribution in [2.45, 2.75) is 38.5 Å². The average molecular weight is 401 g/mol. The summed E-state index contributed by atoms with van der Waals surface area (Å²) in [6, 6.07) is 12.4. The molecule has 0 unspecified atom stereocenters. The minimum absolute atomic E-state index is 0.0309. The van der Waals surface area contributed by atoms with E-state index in [4.69, 9.17) is 0 Å². The minimum atomic E-state index is -3.46. The first kappa shape index (κ1) is 20.1. The molecule has 6 nitrogen and oxygen atoms in total. The number of anilines is 2. The van der Waals surface area contributed by atoms with Crippen LogP contribution >= 0.6 is 0 Å². The lowest BCUT2D eigenvalue weighted by Gasteiger charge is -2.16. The van der Waals surface area contributed by atoms with Gasteiger partial charge in [0.25, 0.3) is 0 Å². The van der Waals surface area contributed by atoms with E-state index in [1.165, 1.54) is 17.5 Å². The summed E-state index contributed by atoms with van der Waals surface area (Å²) in [5.74, 6) is -0.403. The molecule has 2 aromatic rings. The molecular weight excluding hydrogens is 376 g/mol. The number of carbonyl (C=O) groups excluding carboxylic acids is 2. The number of nitrogens with one attached hydrogen (secondary N) is 2. The van der Waals surface area contributed by atoms with Crippen LogP contribution < -0.4 is 10.0 Å². The molecule has 7 heteroatoms. The van der Waals surface area contributed by atoms with Crippen LogP contribution in [0.15, 0.2) is 42.5 Å². The SMILES string of the molecule is CS(=O)(=O)Nc1ccccc1NC(=O)CCC(=O)c1ccc2c(c1)CCCC2. The standard InChI is InChI=1S/C21H24N2O4S/c1-28(26,27)23-19-9-5-4-8-18(19)22-21(25)13-12-20(24)17-11-10-15-6-2-3-7-16(15)14-17/h4-5,8-11,14,23H,2-3,6-7,12-13H2,1H3,(H,22,25). The molecule has 28 heavy (non-hydrogen) atoms. The highest BCUT2D eigenvalue weighted by Crippen LogP contribution is 2.24. The van der Waals surface area contributed by atoms with Crippen molar-refractivity contribution in [1.29, 1.82) is 0 Å². The van der Waals surface area contributed by atoms with Gasteiger partial charge >= 0.3 is 0 Å². The normalized spacial score (nSPS) is 13.5. The van der Waals surface area contributed by atoms with Crippen molar-refractivity contribution in [2.24, 2.45) is 0 Å². The van der Waals surface area contributed by atoms with Crippen molar-refractivity contribution < 1.29 is 18.0 Å². The fourth-order valence-corrected chi connectivity index (χ4v) is 3.95. The van der Waals surface area contributed by atoms with Gasteiger partial charge in [0.05, 0.1) is 17.6 Å². The van der Waals surface area contributed by atoms with Gasteiger partial charge in [-0.05, 0) is 55.0 Å². The molecule has 0 spiro atoms. The molecule has 0 saturated carbocycles. The molecule has 2 N–H and O–H groups in total. The summed E-state index contributed by atoms with van der Waals surface area (Å²) in [7, 11) is -3.46. The molecule has 0 saturated heterocycles. The first-order chi connectivity index (χ1) is 13.3. The maximum Gasteiger partial charge on any atom is 0.229 e. The summed E-state index contributed by atoms with van der Waals surface area (Å²) in [6.07, 6.45) is 5.58. The van der Waals surface area contributed by atoms with E-state index in [0.717, 1.165) is 25.5 Å². The van der Waals surface area contributed by atoms with Gasteiger partial charge in [0.1, 0.15) is 0 Å². The molecule has 1 aliphatic rings. The Hall–Kier alpha value is -2.67. The first-order valence-corrected chi connectivity index (χ1v) is 11.2. The van der Waals surface area contributed by atoms with Crippen LogP contribution in [-0.2, 0) is 27.7 Å². The van der Waals surface area contributed by atoms with Gasteiger partial charge in [-0.1, -0.05) is 24.3 Å². The molecule has 1 aliphatic carbocycles. The summed E-state index contributed by atoms with van der Waals surface area (Å²) in [6.45, 7) is 0. The van der Waals surface area contributed by atoms with E-state index in [1.54, 1.807) is 24.3 Å². The van der Waals surface area contributed by atoms with Crippen LogP contribution in [-0.4, -0.2) is 26.4 Å². The molecular formula is C21H24N2O4S. The molecule has 2 aromatic carbocycles. The second-order valence-corrected chi connectivity index (χ2v) is 8.83. The molecule has 0 atom stereocenters. The fourth-order valence-electron chi connectivity index (χ4n) is 3.37. The number of ketones is 1. The van der Waals surface area contributed by atoms with E-state index < -0.39 is 10.0 Å². The number of benzene rings is 2. The van der Waals surface area contributed by atoms with Gasteiger partial charge in [-0.3, -0.25) is 14.3 Å². The Morgan fingerprint density at radius 1 is 0.929 bits per heavy atom. The molecule has 0 aromatic heterocycles. The second-order valence-electron chi connectivity index (χ2n) is 7.08. The summed E-state index contributed by atoms with van der Waals surface area (Å²) in [4.78, 5) is 24.7. The van der Waals surface area contributed by atoms with Crippen LogP contribution in [0.5, 0.6) is 0 Å². The third kappa shape index (κ3) is 5.42. The largest absolute Gasteiger partial charge is 0.324 e. The number of carbonyl (C=O) groups is 2. The van der Waals surface area contributed by atoms with Crippen molar-refractivity contribution in [3.8, 4) is 0 Å². The van der Waals surface area contributed by atoms with E-state index in [-0.39, 0.29) is 24.5 Å². The topological polar surface area (TPSA) is 92.3 Å². The second kappa shape index (κ2) is 8.56. The average Bonchev–Trinajstić information content (AvgIpc) is 2.66. The predicted octanol–water partition coefficient (Wildman–Crippen LogP) is 3.54. The maximum absolute atomic E-state index is 12.5. The van der Waals surface area contributed by atoms with Gasteiger partial charge in [0.15, 0.2) is 5.78 Å². The van der Waals surface area contributed by atoms with E-state index >= 15 is 0 Å². The first-order valence-electron chi connectivity index (χ1n) is 9.33. The van der Waals surface area contributed by atoms with Crippen LogP contribution in [0.3, 0.4) is 0 Å². The predicted molar refractivity (Wildman–Crippen MR) is 110 cm³/mol. The van der Waals surface area contributed by atoms with E-state index in [0.29, 0.717) is 16.9 Å². The molecule has 0 radical (unpaired) electrons. The number of Topliss-reactive ketones (excluding diaryl/α,β-unsaturated/α-hetero) is 1. The highest BCUT2D eigenvalue weighted by molar-refractivity contribution is 7.92. The Bertz CT molecular complexity index is 999. The number of sulfonamides is 1. The maximum atomic E-state index is 12.5. The fraction of sp³-hybridized carbons (Fsp3) is 0.333. The van der Waals surface area contributed by atoms with E-state index in [1.807, 2.05) is 18.2 Å². The van der Waals surface area contributed by atoms with Crippen molar-refractivity contribution in [3.05, 3.63) is 59.2 Å². The van der Waals surface area contributed by atoms with Crippen molar-refractivity contribution in [3.63, 3.8) is 0 Å². The van der Waals surface area contributed by atoms with E-state index in [9.17, 15) is 18.0 Å². The Kier molecular flexibility index (Phi) is 6.14. The van der Waals surface area contributed by atoms with Gasteiger partial charge in [-0.25, -0.2) is 8.42 Å². The van der Waals surface area contributed by atoms with Gasteiger partial charge in [0, 0.05) is 18.4 Å². The highest BCUT2D eigenvalue weighted by atomic mass is 32.2. The zero-order valence-corrected chi connectivity index (χ0v) is 16.6. The Morgan fingerprint density at radius 3 is 2.32 bits per heavy atom. The van der Waals surface area contributed by atoms with Crippen LogP contribution in [0.2, 0.25) is 0 Å². The summed E-state index contributed by atoms with van der Waals surface area (Å²) < 4.78 is 25.3. The quantitative estimate of drug-likeness (QED) is 0.696. The summed E-state index contributed by atoms with van der Waals surface area (Å²) in [5.41, 5.74) is 3.85. The molecule has 0 aliphatic heterocycles. The Morgan fingerprint density at radius 2 is 1.61 bits per heavy atom. The number of rotatable bonds is 7. The van der Waals surface area contributed by atoms with Crippen LogP contribution in [0.25, 0.3) is 0 Å². The molecule has 148 valence electrons. The molecule has 0 fully saturated rings. The van der Waals surface area contributed by atoms with Gasteiger partial charge < -0.3 is 5.32 Å². The van der Waals surface area contributed by atoms with Crippen LogP contribution in [0, 0.1) is 0 Å². The molecule has 3 rings (SSSR count). The lowest BCUT2D eigenvalue weighted by Crippen LogP contribution is -2.17. The Balaban J connectivity index is 1.60. The summed E-state index contributed by atoms with van der Waals surface area (Å²) >= 11 is 0. The highest BCUT2D eigenvalue weighted by Gasteiger charge is 2.15. The van der Waals surface area contributed by atoms with Crippen LogP contribution in [0.1, 0.15) is 47.2 Å². The van der Waals surface area contributed by atoms with Gasteiger partial charge in [-0.15, -0.1) is 0 Å². The zero-order chi connectivity index (χ0) is 20.1. The smallest absolute Gasteiger partial charge is 0.229 e. The van der Waals surface area contributed by atoms with Crippen molar-refractivity contribution in [2.75, 3.05) is 16.3 Å². The molecule has 0 bridgehead atoms. The molecule has 0 heterocycles. The van der Waals surface area contributed by atoms with Crippen molar-refractivity contribution >= 4 is 33.1 Å². The van der Waals surface area contributed by atoms with E-state index in [2.05, 4.69) is 10.0 Å². The lowest BCUT2D eigenvalue weighted by molar-refractivity contribution is -0.116. The zero-order valence-electron chi connectivity index (χ0n) is 15.8. The third-order valence-corrected chi connectivity index (χ3v) is 5.34. The summed E-state index contributed by atoms with van der Waals surface area (Å²) in [5, 5.41) is 2.67. The van der Waals surface area contributed by atoms with Crippen molar-refractivity contribution in [1.82, 2.24) is 0 Å². The number of hydrogen-bond acceptors (Lipinski definition) is 4. The number of aryl methyl sites for hydroxylation is 2.